The largest absolute Gasteiger partial charge is 0.495 e. The van der Waals surface area contributed by atoms with Gasteiger partial charge in [-0.3, -0.25) is 4.79 Å². The number of methoxy groups -OCH3 is 1. The first-order chi connectivity index (χ1) is 8.43. The van der Waals surface area contributed by atoms with E-state index in [0.717, 1.165) is 11.8 Å². The standard InChI is InChI=1S/C14H15ClO3/c1-14(2)9(4-5-16)13(17)8-6-12(18-3)11(15)7-10(8)14/h5-7,9H,4H2,1-3H3. The zero-order valence-electron chi connectivity index (χ0n) is 10.6. The number of halogens is 1. The van der Waals surface area contributed by atoms with Crippen molar-refractivity contribution in [2.75, 3.05) is 7.11 Å². The van der Waals surface area contributed by atoms with Gasteiger partial charge in [0.15, 0.2) is 5.78 Å². The summed E-state index contributed by atoms with van der Waals surface area (Å²) in [6.45, 7) is 3.93. The van der Waals surface area contributed by atoms with E-state index in [4.69, 9.17) is 16.3 Å². The van der Waals surface area contributed by atoms with Crippen molar-refractivity contribution in [3.63, 3.8) is 0 Å². The molecule has 0 radical (unpaired) electrons. The molecule has 3 nitrogen and oxygen atoms in total. The van der Waals surface area contributed by atoms with Gasteiger partial charge in [0, 0.05) is 23.3 Å². The molecule has 1 atom stereocenters. The second kappa shape index (κ2) is 4.39. The average molecular weight is 267 g/mol. The Labute approximate surface area is 111 Å². The molecule has 1 aliphatic rings. The van der Waals surface area contributed by atoms with Crippen LogP contribution < -0.4 is 4.74 Å². The number of ether oxygens (including phenoxy) is 1. The van der Waals surface area contributed by atoms with Gasteiger partial charge in [0.1, 0.15) is 12.0 Å². The first kappa shape index (κ1) is 13.1. The number of fused-ring (bicyclic) bond motifs is 1. The van der Waals surface area contributed by atoms with Crippen LogP contribution in [0, 0.1) is 5.92 Å². The Balaban J connectivity index is 2.60. The number of aldehydes is 1. The molecular formula is C14H15ClO3. The highest BCUT2D eigenvalue weighted by molar-refractivity contribution is 6.32. The van der Waals surface area contributed by atoms with Crippen LogP contribution in [0.4, 0.5) is 0 Å². The topological polar surface area (TPSA) is 43.4 Å². The molecule has 1 unspecified atom stereocenters. The molecule has 1 aromatic rings. The number of hydrogen-bond acceptors (Lipinski definition) is 3. The number of carbonyl (C=O) groups is 2. The molecule has 0 aliphatic heterocycles. The van der Waals surface area contributed by atoms with Crippen molar-refractivity contribution in [1.29, 1.82) is 0 Å². The third kappa shape index (κ3) is 1.74. The maximum atomic E-state index is 12.3. The van der Waals surface area contributed by atoms with Crippen LogP contribution in [0.3, 0.4) is 0 Å². The Bertz CT molecular complexity index is 520. The van der Waals surface area contributed by atoms with E-state index in [-0.39, 0.29) is 23.5 Å². The third-order valence-electron chi connectivity index (χ3n) is 3.77. The Kier molecular flexibility index (Phi) is 3.20. The van der Waals surface area contributed by atoms with Crippen molar-refractivity contribution in [3.8, 4) is 5.75 Å². The molecule has 0 heterocycles. The molecule has 0 fully saturated rings. The second-order valence-corrected chi connectivity index (χ2v) is 5.48. The minimum atomic E-state index is -0.372. The molecule has 18 heavy (non-hydrogen) atoms. The number of carbonyl (C=O) groups excluding carboxylic acids is 2. The van der Waals surface area contributed by atoms with Gasteiger partial charge in [-0.05, 0) is 17.7 Å². The van der Waals surface area contributed by atoms with Crippen LogP contribution >= 0.6 is 11.6 Å². The van der Waals surface area contributed by atoms with E-state index < -0.39 is 0 Å². The fourth-order valence-corrected chi connectivity index (χ4v) is 2.89. The normalized spacial score (nSPS) is 20.7. The minimum absolute atomic E-state index is 0.00272. The Morgan fingerprint density at radius 3 is 2.67 bits per heavy atom. The van der Waals surface area contributed by atoms with E-state index in [1.807, 2.05) is 13.8 Å². The maximum absolute atomic E-state index is 12.3. The molecule has 2 rings (SSSR count). The van der Waals surface area contributed by atoms with Gasteiger partial charge < -0.3 is 9.53 Å². The molecular weight excluding hydrogens is 252 g/mol. The van der Waals surface area contributed by atoms with Crippen molar-refractivity contribution in [3.05, 3.63) is 28.3 Å². The van der Waals surface area contributed by atoms with Gasteiger partial charge in [0.25, 0.3) is 0 Å². The number of Topliss-reactive ketones (excluding diaryl/α,β-unsaturated/α-hetero) is 1. The highest BCUT2D eigenvalue weighted by Gasteiger charge is 2.45. The molecule has 0 aromatic heterocycles. The summed E-state index contributed by atoms with van der Waals surface area (Å²) in [6, 6.07) is 3.45. The lowest BCUT2D eigenvalue weighted by molar-refractivity contribution is -0.108. The van der Waals surface area contributed by atoms with Crippen LogP contribution in [0.25, 0.3) is 0 Å². The van der Waals surface area contributed by atoms with Gasteiger partial charge in [0.05, 0.1) is 12.1 Å². The summed E-state index contributed by atoms with van der Waals surface area (Å²) < 4.78 is 5.13. The monoisotopic (exact) mass is 266 g/mol. The predicted molar refractivity (Wildman–Crippen MR) is 69.5 cm³/mol. The molecule has 0 saturated heterocycles. The van der Waals surface area contributed by atoms with Crippen molar-refractivity contribution in [2.45, 2.75) is 25.7 Å². The molecule has 1 aliphatic carbocycles. The van der Waals surface area contributed by atoms with Crippen LogP contribution in [0.1, 0.15) is 36.2 Å². The van der Waals surface area contributed by atoms with E-state index in [1.54, 1.807) is 12.1 Å². The Hall–Kier alpha value is -1.35. The van der Waals surface area contributed by atoms with Gasteiger partial charge in [0.2, 0.25) is 0 Å². The lowest BCUT2D eigenvalue weighted by Gasteiger charge is -2.25. The van der Waals surface area contributed by atoms with Gasteiger partial charge in [-0.25, -0.2) is 0 Å². The molecule has 1 aromatic carbocycles. The summed E-state index contributed by atoms with van der Waals surface area (Å²) in [6.07, 6.45) is 1.04. The Morgan fingerprint density at radius 1 is 1.44 bits per heavy atom. The molecule has 0 N–H and O–H groups in total. The zero-order valence-corrected chi connectivity index (χ0v) is 11.4. The van der Waals surface area contributed by atoms with Gasteiger partial charge >= 0.3 is 0 Å². The predicted octanol–water partition coefficient (Wildman–Crippen LogP) is 3.03. The summed E-state index contributed by atoms with van der Waals surface area (Å²) in [5, 5.41) is 0.490. The van der Waals surface area contributed by atoms with E-state index in [9.17, 15) is 9.59 Å². The Morgan fingerprint density at radius 2 is 2.11 bits per heavy atom. The van der Waals surface area contributed by atoms with Gasteiger partial charge in [-0.15, -0.1) is 0 Å². The van der Waals surface area contributed by atoms with E-state index in [1.165, 1.54) is 7.11 Å². The van der Waals surface area contributed by atoms with Gasteiger partial charge in [-0.1, -0.05) is 25.4 Å². The first-order valence-corrected chi connectivity index (χ1v) is 6.17. The molecule has 96 valence electrons. The fraction of sp³-hybridized carbons (Fsp3) is 0.429. The molecule has 0 spiro atoms. The van der Waals surface area contributed by atoms with Crippen LogP contribution in [0.5, 0.6) is 5.75 Å². The maximum Gasteiger partial charge on any atom is 0.167 e. The van der Waals surface area contributed by atoms with Crippen LogP contribution in [-0.4, -0.2) is 19.2 Å². The number of ketones is 1. The van der Waals surface area contributed by atoms with Crippen LogP contribution in [0.15, 0.2) is 12.1 Å². The summed E-state index contributed by atoms with van der Waals surface area (Å²) in [5.74, 6) is 0.177. The molecule has 4 heteroatoms. The number of rotatable bonds is 3. The van der Waals surface area contributed by atoms with E-state index in [2.05, 4.69) is 0 Å². The number of benzene rings is 1. The van der Waals surface area contributed by atoms with Gasteiger partial charge in [-0.2, -0.15) is 0 Å². The van der Waals surface area contributed by atoms with Crippen molar-refractivity contribution >= 4 is 23.7 Å². The summed E-state index contributed by atoms with van der Waals surface area (Å²) >= 11 is 6.10. The molecule has 0 saturated carbocycles. The van der Waals surface area contributed by atoms with E-state index in [0.29, 0.717) is 16.3 Å². The van der Waals surface area contributed by atoms with Crippen LogP contribution in [0.2, 0.25) is 5.02 Å². The highest BCUT2D eigenvalue weighted by atomic mass is 35.5. The summed E-state index contributed by atoms with van der Waals surface area (Å²) in [7, 11) is 1.51. The second-order valence-electron chi connectivity index (χ2n) is 5.07. The summed E-state index contributed by atoms with van der Waals surface area (Å²) in [4.78, 5) is 23.1. The van der Waals surface area contributed by atoms with Crippen molar-refractivity contribution < 1.29 is 14.3 Å². The van der Waals surface area contributed by atoms with E-state index >= 15 is 0 Å². The lowest BCUT2D eigenvalue weighted by Crippen LogP contribution is -2.27. The van der Waals surface area contributed by atoms with Crippen LogP contribution in [-0.2, 0) is 10.2 Å². The minimum Gasteiger partial charge on any atom is -0.495 e. The van der Waals surface area contributed by atoms with Crippen molar-refractivity contribution in [1.82, 2.24) is 0 Å². The quantitative estimate of drug-likeness (QED) is 0.790. The highest BCUT2D eigenvalue weighted by Crippen LogP contribution is 2.46. The first-order valence-electron chi connectivity index (χ1n) is 5.79. The zero-order chi connectivity index (χ0) is 13.5. The average Bonchev–Trinajstić information content (AvgIpc) is 2.50. The van der Waals surface area contributed by atoms with Crippen molar-refractivity contribution in [2.24, 2.45) is 5.92 Å². The summed E-state index contributed by atoms with van der Waals surface area (Å²) in [5.41, 5.74) is 1.14. The fourth-order valence-electron chi connectivity index (χ4n) is 2.65. The SMILES string of the molecule is COc1cc2c(cc1Cl)C(C)(C)C(CC=O)C2=O. The molecule has 0 bridgehead atoms. The third-order valence-corrected chi connectivity index (χ3v) is 4.07. The number of hydrogen-bond donors (Lipinski definition) is 0. The molecule has 0 amide bonds. The smallest absolute Gasteiger partial charge is 0.167 e. The lowest BCUT2D eigenvalue weighted by atomic mass is 9.77.